The molecule has 1 nitrogen and oxygen atoms in total. The number of hydrogen-bond donors (Lipinski definition) is 1. The van der Waals surface area contributed by atoms with Gasteiger partial charge < -0.3 is 5.32 Å². The van der Waals surface area contributed by atoms with Gasteiger partial charge in [-0.25, -0.2) is 4.39 Å². The fourth-order valence-electron chi connectivity index (χ4n) is 2.47. The Hall–Kier alpha value is -1.67. The van der Waals surface area contributed by atoms with Crippen molar-refractivity contribution >= 4 is 0 Å². The average Bonchev–Trinajstić information content (AvgIpc) is 3.35. The van der Waals surface area contributed by atoms with Gasteiger partial charge in [0, 0.05) is 6.54 Å². The van der Waals surface area contributed by atoms with Crippen LogP contribution in [-0.2, 0) is 0 Å². The van der Waals surface area contributed by atoms with Crippen molar-refractivity contribution in [3.8, 4) is 0 Å². The van der Waals surface area contributed by atoms with Crippen LogP contribution in [0.1, 0.15) is 40.0 Å². The lowest BCUT2D eigenvalue weighted by atomic mass is 9.95. The predicted octanol–water partition coefficient (Wildman–Crippen LogP) is 5.81. The quantitative estimate of drug-likeness (QED) is 0.502. The van der Waals surface area contributed by atoms with Gasteiger partial charge in [-0.2, -0.15) is 0 Å². The van der Waals surface area contributed by atoms with E-state index >= 15 is 0 Å². The molecule has 1 N–H and O–H groups in total. The van der Waals surface area contributed by atoms with Crippen molar-refractivity contribution in [1.82, 2.24) is 5.32 Å². The van der Waals surface area contributed by atoms with E-state index in [1.54, 1.807) is 0 Å². The molecule has 0 aliphatic heterocycles. The smallest absolute Gasteiger partial charge is 0.0867 e. The van der Waals surface area contributed by atoms with E-state index in [0.717, 1.165) is 31.0 Å². The Morgan fingerprint density at radius 2 is 2.09 bits per heavy atom. The van der Waals surface area contributed by atoms with Gasteiger partial charge in [-0.05, 0) is 73.9 Å². The number of rotatable bonds is 10. The summed E-state index contributed by atoms with van der Waals surface area (Å²) in [5.74, 6) is 0.776. The second kappa shape index (κ2) is 11.0. The van der Waals surface area contributed by atoms with Crippen LogP contribution < -0.4 is 5.32 Å². The van der Waals surface area contributed by atoms with Crippen LogP contribution in [0.4, 0.5) is 4.39 Å². The molecular formula is C21H30FN. The zero-order valence-corrected chi connectivity index (χ0v) is 14.7. The summed E-state index contributed by atoms with van der Waals surface area (Å²) in [6, 6.07) is 0. The van der Waals surface area contributed by atoms with E-state index in [1.165, 1.54) is 35.6 Å². The molecule has 1 saturated carbocycles. The van der Waals surface area contributed by atoms with E-state index in [2.05, 4.69) is 37.9 Å². The van der Waals surface area contributed by atoms with Crippen LogP contribution in [0.5, 0.6) is 0 Å². The summed E-state index contributed by atoms with van der Waals surface area (Å²) < 4.78 is 12.4. The normalized spacial score (nSPS) is 17.9. The number of hydrogen-bond acceptors (Lipinski definition) is 1. The van der Waals surface area contributed by atoms with E-state index in [-0.39, 0.29) is 0 Å². The lowest BCUT2D eigenvalue weighted by Gasteiger charge is -2.11. The van der Waals surface area contributed by atoms with Gasteiger partial charge >= 0.3 is 0 Å². The molecule has 0 heterocycles. The minimum Gasteiger partial charge on any atom is -0.313 e. The van der Waals surface area contributed by atoms with Crippen molar-refractivity contribution in [3.63, 3.8) is 0 Å². The van der Waals surface area contributed by atoms with Crippen molar-refractivity contribution in [3.05, 3.63) is 71.7 Å². The highest BCUT2D eigenvalue weighted by Gasteiger charge is 2.23. The third-order valence-corrected chi connectivity index (χ3v) is 3.98. The largest absolute Gasteiger partial charge is 0.313 e. The van der Waals surface area contributed by atoms with E-state index in [1.807, 2.05) is 25.2 Å². The van der Waals surface area contributed by atoms with Crippen LogP contribution in [0.15, 0.2) is 71.7 Å². The van der Waals surface area contributed by atoms with Gasteiger partial charge in [0.15, 0.2) is 0 Å². The first-order chi connectivity index (χ1) is 11.2. The molecule has 0 bridgehead atoms. The number of nitrogens with one attached hydrogen (secondary N) is 1. The molecule has 126 valence electrons. The highest BCUT2D eigenvalue weighted by molar-refractivity contribution is 5.47. The zero-order chi connectivity index (χ0) is 17.1. The Balaban J connectivity index is 3.15. The van der Waals surface area contributed by atoms with Crippen LogP contribution in [-0.4, -0.2) is 13.1 Å². The third-order valence-electron chi connectivity index (χ3n) is 3.98. The second-order valence-electron chi connectivity index (χ2n) is 5.95. The Morgan fingerprint density at radius 3 is 2.61 bits per heavy atom. The first-order valence-electron chi connectivity index (χ1n) is 8.49. The molecule has 1 aliphatic rings. The molecule has 0 spiro atoms. The SMILES string of the molecule is C=C/C(CNCC)=C(C)\C=C(/CC1CC1)C(=C/C=C/F)/C=C\C. The van der Waals surface area contributed by atoms with Crippen molar-refractivity contribution in [2.24, 2.45) is 5.92 Å². The molecule has 0 aromatic rings. The van der Waals surface area contributed by atoms with Crippen molar-refractivity contribution in [2.45, 2.75) is 40.0 Å². The van der Waals surface area contributed by atoms with Crippen molar-refractivity contribution < 1.29 is 4.39 Å². The molecule has 0 atom stereocenters. The number of likely N-dealkylation sites (N-methyl/N-ethyl adjacent to an activating group) is 1. The molecule has 2 heteroatoms. The molecule has 0 amide bonds. The first-order valence-corrected chi connectivity index (χ1v) is 8.49. The van der Waals surface area contributed by atoms with Gasteiger partial charge in [0.1, 0.15) is 0 Å². The maximum Gasteiger partial charge on any atom is 0.0867 e. The molecule has 0 unspecified atom stereocenters. The third kappa shape index (κ3) is 7.43. The summed E-state index contributed by atoms with van der Waals surface area (Å²) in [4.78, 5) is 0. The lowest BCUT2D eigenvalue weighted by Crippen LogP contribution is -2.16. The molecule has 0 aromatic heterocycles. The van der Waals surface area contributed by atoms with Gasteiger partial charge in [0.05, 0.1) is 6.33 Å². The Morgan fingerprint density at radius 1 is 1.35 bits per heavy atom. The standard InChI is InChI=1S/C21H30FN/c1-5-9-20(10-8-13-22)21(15-18-11-12-18)14-17(4)19(6-2)16-23-7-3/h5-6,8-10,13-14,18,23H,2,7,11-12,15-16H2,1,3-4H3/b9-5-,13-8+,19-17+,20-10+,21-14+. The van der Waals surface area contributed by atoms with Gasteiger partial charge in [-0.3, -0.25) is 0 Å². The molecule has 1 rings (SSSR count). The number of halogens is 1. The monoisotopic (exact) mass is 315 g/mol. The molecule has 0 saturated heterocycles. The molecule has 1 fully saturated rings. The lowest BCUT2D eigenvalue weighted by molar-refractivity contribution is 0.721. The maximum atomic E-state index is 12.4. The predicted molar refractivity (Wildman–Crippen MR) is 100 cm³/mol. The summed E-state index contributed by atoms with van der Waals surface area (Å²) in [7, 11) is 0. The van der Waals surface area contributed by atoms with Gasteiger partial charge in [0.2, 0.25) is 0 Å². The van der Waals surface area contributed by atoms with Crippen molar-refractivity contribution in [2.75, 3.05) is 13.1 Å². The van der Waals surface area contributed by atoms with Crippen LogP contribution in [0.2, 0.25) is 0 Å². The minimum atomic E-state index is 0.585. The van der Waals surface area contributed by atoms with Crippen LogP contribution in [0, 0.1) is 5.92 Å². The van der Waals surface area contributed by atoms with Crippen LogP contribution in [0.25, 0.3) is 0 Å². The molecule has 1 aliphatic carbocycles. The summed E-state index contributed by atoms with van der Waals surface area (Å²) in [5.41, 5.74) is 4.79. The second-order valence-corrected chi connectivity index (χ2v) is 5.95. The fraction of sp³-hybridized carbons (Fsp3) is 0.429. The topological polar surface area (TPSA) is 12.0 Å². The van der Waals surface area contributed by atoms with Crippen LogP contribution in [0.3, 0.4) is 0 Å². The first kappa shape index (κ1) is 19.4. The summed E-state index contributed by atoms with van der Waals surface area (Å²) in [6.45, 7) is 11.9. The summed E-state index contributed by atoms with van der Waals surface area (Å²) >= 11 is 0. The zero-order valence-electron chi connectivity index (χ0n) is 14.7. The molecule has 0 radical (unpaired) electrons. The molecule has 0 aromatic carbocycles. The van der Waals surface area contributed by atoms with E-state index in [0.29, 0.717) is 6.33 Å². The highest BCUT2D eigenvalue weighted by atomic mass is 19.1. The van der Waals surface area contributed by atoms with Gasteiger partial charge in [0.25, 0.3) is 0 Å². The highest BCUT2D eigenvalue weighted by Crippen LogP contribution is 2.37. The molecule has 23 heavy (non-hydrogen) atoms. The molecular weight excluding hydrogens is 285 g/mol. The fourth-order valence-corrected chi connectivity index (χ4v) is 2.47. The summed E-state index contributed by atoms with van der Waals surface area (Å²) in [6.07, 6.45) is 15.8. The van der Waals surface area contributed by atoms with E-state index < -0.39 is 0 Å². The minimum absolute atomic E-state index is 0.585. The Bertz CT molecular complexity index is 528. The number of allylic oxidation sites excluding steroid dienone is 8. The van der Waals surface area contributed by atoms with Gasteiger partial charge in [-0.1, -0.05) is 43.9 Å². The Labute approximate surface area is 141 Å². The maximum absolute atomic E-state index is 12.4. The van der Waals surface area contributed by atoms with Gasteiger partial charge in [-0.15, -0.1) is 0 Å². The summed E-state index contributed by atoms with van der Waals surface area (Å²) in [5, 5.41) is 3.35. The van der Waals surface area contributed by atoms with Crippen LogP contribution >= 0.6 is 0 Å². The Kier molecular flexibility index (Phi) is 9.23. The van der Waals surface area contributed by atoms with E-state index in [9.17, 15) is 4.39 Å². The average molecular weight is 315 g/mol. The van der Waals surface area contributed by atoms with E-state index in [4.69, 9.17) is 0 Å². The van der Waals surface area contributed by atoms with Crippen molar-refractivity contribution in [1.29, 1.82) is 0 Å².